The number of likely N-dealkylation sites (tertiary alicyclic amines) is 1. The van der Waals surface area contributed by atoms with Gasteiger partial charge in [-0.05, 0) is 75.5 Å². The molecule has 0 aromatic carbocycles. The molecule has 4 nitrogen and oxygen atoms in total. The molecule has 0 amide bonds. The van der Waals surface area contributed by atoms with Gasteiger partial charge in [0.2, 0.25) is 0 Å². The maximum Gasteiger partial charge on any atom is 0.416 e. The minimum Gasteiger partial charge on any atom is -0.376 e. The van der Waals surface area contributed by atoms with E-state index in [2.05, 4.69) is 20.2 Å². The molecular weight excluding hydrogens is 461 g/mol. The molecule has 1 aliphatic rings. The summed E-state index contributed by atoms with van der Waals surface area (Å²) >= 11 is 0. The third kappa shape index (κ3) is 6.65. The number of hydrogen-bond donors (Lipinski definition) is 1. The van der Waals surface area contributed by atoms with Crippen molar-refractivity contribution in [2.24, 2.45) is 0 Å². The fraction of sp³-hybridized carbons (Fsp3) is 0.379. The second kappa shape index (κ2) is 12.1. The molecule has 1 aliphatic heterocycles. The third-order valence-electron chi connectivity index (χ3n) is 6.17. The average molecular weight is 497 g/mol. The lowest BCUT2D eigenvalue weighted by Crippen LogP contribution is -2.38. The van der Waals surface area contributed by atoms with Gasteiger partial charge in [-0.25, -0.2) is 4.98 Å². The lowest BCUT2D eigenvalue weighted by molar-refractivity contribution is -0.0884. The van der Waals surface area contributed by atoms with Crippen molar-refractivity contribution in [3.05, 3.63) is 89.0 Å². The van der Waals surface area contributed by atoms with E-state index in [9.17, 15) is 13.2 Å². The highest BCUT2D eigenvalue weighted by Gasteiger charge is 2.32. The molecule has 2 aromatic rings. The predicted molar refractivity (Wildman–Crippen MR) is 143 cm³/mol. The zero-order chi connectivity index (χ0) is 26.3. The van der Waals surface area contributed by atoms with Gasteiger partial charge in [0, 0.05) is 37.1 Å². The zero-order valence-electron chi connectivity index (χ0n) is 21.7. The van der Waals surface area contributed by atoms with Gasteiger partial charge in [0.05, 0.1) is 11.6 Å². The number of fused-ring (bicyclic) bond motifs is 1. The first kappa shape index (κ1) is 27.2. The summed E-state index contributed by atoms with van der Waals surface area (Å²) in [5.74, 6) is 0.701. The molecule has 36 heavy (non-hydrogen) atoms. The molecule has 3 rings (SSSR count). The highest BCUT2D eigenvalue weighted by Crippen LogP contribution is 2.33. The molecule has 2 aromatic heterocycles. The number of pyridine rings is 2. The summed E-state index contributed by atoms with van der Waals surface area (Å²) in [6, 6.07) is 5.76. The van der Waals surface area contributed by atoms with Gasteiger partial charge in [-0.3, -0.25) is 4.98 Å². The SMILES string of the molecule is C\C=C/C(=C\C(=C\CC)C(F)(F)F)C(/C=C1/C(Nc2nccc3cccnc23)CCCN1C)=C(C)C. The molecule has 1 unspecified atom stereocenters. The van der Waals surface area contributed by atoms with Crippen molar-refractivity contribution in [1.82, 2.24) is 14.9 Å². The lowest BCUT2D eigenvalue weighted by Gasteiger charge is -2.36. The normalized spacial score (nSPS) is 18.8. The van der Waals surface area contributed by atoms with E-state index in [4.69, 9.17) is 0 Å². The van der Waals surface area contributed by atoms with Gasteiger partial charge >= 0.3 is 6.18 Å². The van der Waals surface area contributed by atoms with Crippen molar-refractivity contribution in [2.45, 2.75) is 59.2 Å². The van der Waals surface area contributed by atoms with Crippen LogP contribution in [0.1, 0.15) is 47.0 Å². The van der Waals surface area contributed by atoms with Gasteiger partial charge in [-0.2, -0.15) is 13.2 Å². The second-order valence-electron chi connectivity index (χ2n) is 9.14. The van der Waals surface area contributed by atoms with Crippen LogP contribution in [-0.4, -0.2) is 40.7 Å². The Morgan fingerprint density at radius 2 is 1.97 bits per heavy atom. The van der Waals surface area contributed by atoms with Crippen LogP contribution in [0.25, 0.3) is 10.9 Å². The highest BCUT2D eigenvalue weighted by atomic mass is 19.4. The van der Waals surface area contributed by atoms with E-state index in [1.807, 2.05) is 52.1 Å². The van der Waals surface area contributed by atoms with Gasteiger partial charge in [0.15, 0.2) is 5.82 Å². The van der Waals surface area contributed by atoms with Crippen molar-refractivity contribution in [1.29, 1.82) is 0 Å². The lowest BCUT2D eigenvalue weighted by atomic mass is 9.93. The number of allylic oxidation sites excluding steroid dienone is 9. The van der Waals surface area contributed by atoms with E-state index in [1.54, 1.807) is 31.5 Å². The Balaban J connectivity index is 2.08. The van der Waals surface area contributed by atoms with Crippen LogP contribution in [0.4, 0.5) is 19.0 Å². The molecule has 3 heterocycles. The van der Waals surface area contributed by atoms with E-state index < -0.39 is 11.7 Å². The van der Waals surface area contributed by atoms with Crippen LogP contribution in [0.2, 0.25) is 0 Å². The topological polar surface area (TPSA) is 41.1 Å². The molecule has 7 heteroatoms. The van der Waals surface area contributed by atoms with Crippen molar-refractivity contribution in [2.75, 3.05) is 18.9 Å². The van der Waals surface area contributed by atoms with Crippen LogP contribution in [0.5, 0.6) is 0 Å². The van der Waals surface area contributed by atoms with E-state index in [-0.39, 0.29) is 6.04 Å². The fourth-order valence-electron chi connectivity index (χ4n) is 4.41. The standard InChI is InChI=1S/C29H35F3N4/c1-6-10-22(18-23(11-7-2)29(30,31)32)24(20(3)4)19-26-25(13-9-17-36(26)5)35-28-27-21(14-16-34-28)12-8-15-33-27/h6,8,10-12,14-16,18-19,25H,7,9,13,17H2,1-5H3,(H,34,35)/b10-6-,22-18+,23-11-,26-19-. The predicted octanol–water partition coefficient (Wildman–Crippen LogP) is 7.76. The number of halogens is 3. The van der Waals surface area contributed by atoms with Crippen LogP contribution < -0.4 is 5.32 Å². The van der Waals surface area contributed by atoms with E-state index in [0.717, 1.165) is 47.1 Å². The molecule has 0 radical (unpaired) electrons. The summed E-state index contributed by atoms with van der Waals surface area (Å²) < 4.78 is 41.2. The van der Waals surface area contributed by atoms with E-state index >= 15 is 0 Å². The first-order chi connectivity index (χ1) is 17.2. The number of alkyl halides is 3. The quantitative estimate of drug-likeness (QED) is 0.398. The number of rotatable bonds is 7. The Morgan fingerprint density at radius 1 is 1.19 bits per heavy atom. The average Bonchev–Trinajstić information content (AvgIpc) is 2.82. The summed E-state index contributed by atoms with van der Waals surface area (Å²) in [5, 5.41) is 4.57. The molecule has 1 saturated heterocycles. The molecule has 1 N–H and O–H groups in total. The van der Waals surface area contributed by atoms with Crippen LogP contribution in [0.15, 0.2) is 89.0 Å². The fourth-order valence-corrected chi connectivity index (χ4v) is 4.41. The number of hydrogen-bond acceptors (Lipinski definition) is 4. The minimum absolute atomic E-state index is 0.0571. The number of aromatic nitrogens is 2. The van der Waals surface area contributed by atoms with Crippen LogP contribution in [0, 0.1) is 0 Å². The number of likely N-dealkylation sites (N-methyl/N-ethyl adjacent to an activating group) is 1. The number of anilines is 1. The molecule has 192 valence electrons. The third-order valence-corrected chi connectivity index (χ3v) is 6.17. The second-order valence-corrected chi connectivity index (χ2v) is 9.14. The minimum atomic E-state index is -4.42. The van der Waals surface area contributed by atoms with Crippen LogP contribution in [-0.2, 0) is 0 Å². The Bertz CT molecular complexity index is 1210. The Morgan fingerprint density at radius 3 is 2.64 bits per heavy atom. The zero-order valence-corrected chi connectivity index (χ0v) is 21.7. The number of nitrogens with one attached hydrogen (secondary N) is 1. The molecular formula is C29H35F3N4. The summed E-state index contributed by atoms with van der Waals surface area (Å²) in [6.07, 6.45) is 9.30. The van der Waals surface area contributed by atoms with E-state index in [0.29, 0.717) is 17.8 Å². The van der Waals surface area contributed by atoms with Gasteiger partial charge < -0.3 is 10.2 Å². The molecule has 1 atom stereocenters. The molecule has 0 aliphatic carbocycles. The summed E-state index contributed by atoms with van der Waals surface area (Å²) in [7, 11) is 2.02. The highest BCUT2D eigenvalue weighted by molar-refractivity contribution is 5.87. The first-order valence-electron chi connectivity index (χ1n) is 12.3. The van der Waals surface area contributed by atoms with Crippen molar-refractivity contribution in [3.8, 4) is 0 Å². The maximum atomic E-state index is 13.7. The van der Waals surface area contributed by atoms with Crippen molar-refractivity contribution < 1.29 is 13.2 Å². The number of nitrogens with zero attached hydrogens (tertiary/aromatic N) is 3. The largest absolute Gasteiger partial charge is 0.416 e. The van der Waals surface area contributed by atoms with Gasteiger partial charge in [-0.15, -0.1) is 0 Å². The molecule has 0 saturated carbocycles. The van der Waals surface area contributed by atoms with Gasteiger partial charge in [-0.1, -0.05) is 36.8 Å². The molecule has 0 bridgehead atoms. The summed E-state index contributed by atoms with van der Waals surface area (Å²) in [4.78, 5) is 11.2. The smallest absolute Gasteiger partial charge is 0.376 e. The summed E-state index contributed by atoms with van der Waals surface area (Å²) in [5.41, 5.74) is 3.42. The maximum absolute atomic E-state index is 13.7. The molecule has 0 spiro atoms. The van der Waals surface area contributed by atoms with Gasteiger partial charge in [0.1, 0.15) is 5.52 Å². The van der Waals surface area contributed by atoms with Crippen LogP contribution >= 0.6 is 0 Å². The first-order valence-corrected chi connectivity index (χ1v) is 12.3. The van der Waals surface area contributed by atoms with Gasteiger partial charge in [0.25, 0.3) is 0 Å². The molecule has 1 fully saturated rings. The Hall–Kier alpha value is -3.35. The van der Waals surface area contributed by atoms with Crippen LogP contribution in [0.3, 0.4) is 0 Å². The summed E-state index contributed by atoms with van der Waals surface area (Å²) in [6.45, 7) is 8.26. The van der Waals surface area contributed by atoms with Crippen molar-refractivity contribution in [3.63, 3.8) is 0 Å². The Kier molecular flexibility index (Phi) is 9.13. The van der Waals surface area contributed by atoms with Crippen molar-refractivity contribution >= 4 is 16.7 Å². The van der Waals surface area contributed by atoms with E-state index in [1.165, 1.54) is 12.2 Å². The number of piperidine rings is 1. The Labute approximate surface area is 212 Å². The monoisotopic (exact) mass is 496 g/mol.